The fourth-order valence-corrected chi connectivity index (χ4v) is 1.94. The molecule has 0 aromatic heterocycles. The van der Waals surface area contributed by atoms with E-state index in [-0.39, 0.29) is 21.9 Å². The molecule has 9 heteroatoms. The number of carbonyl (C=O) groups excluding carboxylic acids is 1. The molecule has 2 atom stereocenters. The molecular formula is C20H47FN2O6. The summed E-state index contributed by atoms with van der Waals surface area (Å²) in [5, 5.41) is 2.55. The van der Waals surface area contributed by atoms with E-state index in [0.29, 0.717) is 65.8 Å². The van der Waals surface area contributed by atoms with E-state index in [9.17, 15) is 9.18 Å². The average Bonchev–Trinajstić information content (AvgIpc) is 2.73. The Balaban J connectivity index is -0.000000882. The van der Waals surface area contributed by atoms with E-state index in [0.717, 1.165) is 6.42 Å². The molecule has 0 fully saturated rings. The summed E-state index contributed by atoms with van der Waals surface area (Å²) >= 11 is 0. The van der Waals surface area contributed by atoms with E-state index in [1.165, 1.54) is 0 Å². The summed E-state index contributed by atoms with van der Waals surface area (Å²) in [5.74, 6) is -0.138. The van der Waals surface area contributed by atoms with Crippen LogP contribution in [0, 0.1) is 0 Å². The quantitative estimate of drug-likeness (QED) is 0.286. The molecule has 2 unspecified atom stereocenters. The molecule has 1 amide bonds. The minimum Gasteiger partial charge on any atom is -0.378 e. The van der Waals surface area contributed by atoms with Gasteiger partial charge in [-0.05, 0) is 13.3 Å². The van der Waals surface area contributed by atoms with Gasteiger partial charge in [0.25, 0.3) is 0 Å². The average molecular weight is 431 g/mol. The van der Waals surface area contributed by atoms with E-state index in [1.54, 1.807) is 6.92 Å². The van der Waals surface area contributed by atoms with Crippen molar-refractivity contribution in [3.8, 4) is 0 Å². The van der Waals surface area contributed by atoms with Crippen molar-refractivity contribution in [3.63, 3.8) is 0 Å². The smallest absolute Gasteiger partial charge is 0.220 e. The third kappa shape index (κ3) is 23.3. The Hall–Kier alpha value is -0.840. The van der Waals surface area contributed by atoms with Crippen LogP contribution in [0.3, 0.4) is 0 Å². The second-order valence-corrected chi connectivity index (χ2v) is 5.88. The summed E-state index contributed by atoms with van der Waals surface area (Å²) < 4.78 is 40.4. The zero-order chi connectivity index (χ0) is 22.2. The van der Waals surface area contributed by atoms with Gasteiger partial charge in [0.1, 0.15) is 6.17 Å². The number of carbonyl (C=O) groups is 1. The fraction of sp³-hybridized carbons (Fsp3) is 0.950. The normalized spacial score (nSPS) is 12.8. The van der Waals surface area contributed by atoms with E-state index in [4.69, 9.17) is 29.4 Å². The van der Waals surface area contributed by atoms with Crippen LogP contribution < -0.4 is 11.1 Å². The lowest BCUT2D eigenvalue weighted by molar-refractivity contribution is -0.121. The van der Waals surface area contributed by atoms with Crippen molar-refractivity contribution < 1.29 is 35.7 Å². The number of alkyl halides is 1. The van der Waals surface area contributed by atoms with Crippen LogP contribution in [0.1, 0.15) is 43.4 Å². The maximum Gasteiger partial charge on any atom is 0.220 e. The summed E-state index contributed by atoms with van der Waals surface area (Å²) in [6, 6.07) is 0. The third-order valence-corrected chi connectivity index (χ3v) is 3.47. The Morgan fingerprint density at radius 3 is 1.83 bits per heavy atom. The lowest BCUT2D eigenvalue weighted by Gasteiger charge is -2.18. The highest BCUT2D eigenvalue weighted by atomic mass is 19.1. The van der Waals surface area contributed by atoms with Crippen LogP contribution in [-0.2, 0) is 28.5 Å². The molecule has 180 valence electrons. The van der Waals surface area contributed by atoms with E-state index < -0.39 is 12.3 Å². The maximum atomic E-state index is 13.8. The van der Waals surface area contributed by atoms with Gasteiger partial charge in [-0.3, -0.25) is 4.79 Å². The SMILES string of the molecule is CC.CCCC(=O)NCC(F)C(C)OCCOCCOCCOCCOCCN.[HH].[HH]. The van der Waals surface area contributed by atoms with Crippen LogP contribution in [0.15, 0.2) is 0 Å². The minimum atomic E-state index is -1.24. The van der Waals surface area contributed by atoms with Crippen LogP contribution in [0.2, 0.25) is 0 Å². The minimum absolute atomic E-state index is 0. The number of nitrogens with two attached hydrogens (primary N) is 1. The van der Waals surface area contributed by atoms with Crippen molar-refractivity contribution in [3.05, 3.63) is 0 Å². The van der Waals surface area contributed by atoms with Crippen LogP contribution in [0.4, 0.5) is 4.39 Å². The van der Waals surface area contributed by atoms with Crippen molar-refractivity contribution in [1.29, 1.82) is 0 Å². The number of halogens is 1. The van der Waals surface area contributed by atoms with Gasteiger partial charge >= 0.3 is 0 Å². The fourth-order valence-electron chi connectivity index (χ4n) is 1.94. The van der Waals surface area contributed by atoms with E-state index in [1.807, 2.05) is 20.8 Å². The van der Waals surface area contributed by atoms with Crippen molar-refractivity contribution in [1.82, 2.24) is 5.32 Å². The highest BCUT2D eigenvalue weighted by Crippen LogP contribution is 2.03. The van der Waals surface area contributed by atoms with Gasteiger partial charge in [-0.15, -0.1) is 0 Å². The van der Waals surface area contributed by atoms with Crippen molar-refractivity contribution >= 4 is 5.91 Å². The number of nitrogens with one attached hydrogen (secondary N) is 1. The van der Waals surface area contributed by atoms with Crippen LogP contribution in [0.25, 0.3) is 0 Å². The molecule has 0 aromatic carbocycles. The molecule has 0 spiro atoms. The zero-order valence-electron chi connectivity index (χ0n) is 18.8. The first kappa shape index (κ1) is 30.4. The molecule has 0 radical (unpaired) electrons. The van der Waals surface area contributed by atoms with Crippen molar-refractivity contribution in [2.45, 2.75) is 52.8 Å². The Kier molecular flexibility index (Phi) is 26.4. The van der Waals surface area contributed by atoms with Gasteiger partial charge in [0.05, 0.1) is 72.1 Å². The highest BCUT2D eigenvalue weighted by molar-refractivity contribution is 5.75. The lowest BCUT2D eigenvalue weighted by atomic mass is 10.2. The molecule has 0 saturated carbocycles. The second-order valence-electron chi connectivity index (χ2n) is 5.88. The van der Waals surface area contributed by atoms with Crippen molar-refractivity contribution in [2.75, 3.05) is 72.6 Å². The second kappa shape index (κ2) is 25.2. The van der Waals surface area contributed by atoms with Gasteiger partial charge in [0.15, 0.2) is 0 Å². The molecule has 3 N–H and O–H groups in total. The Labute approximate surface area is 178 Å². The number of hydrogen-bond acceptors (Lipinski definition) is 7. The number of hydrogen-bond donors (Lipinski definition) is 2. The molecule has 8 nitrogen and oxygen atoms in total. The Morgan fingerprint density at radius 2 is 1.38 bits per heavy atom. The zero-order valence-corrected chi connectivity index (χ0v) is 18.8. The number of rotatable bonds is 20. The predicted octanol–water partition coefficient (Wildman–Crippen LogP) is 2.19. The monoisotopic (exact) mass is 430 g/mol. The highest BCUT2D eigenvalue weighted by Gasteiger charge is 2.17. The molecule has 29 heavy (non-hydrogen) atoms. The number of amides is 1. The first-order chi connectivity index (χ1) is 14.1. The lowest BCUT2D eigenvalue weighted by Crippen LogP contribution is -2.36. The summed E-state index contributed by atoms with van der Waals surface area (Å²) in [6.45, 7) is 12.1. The first-order valence-corrected chi connectivity index (χ1v) is 10.6. The summed E-state index contributed by atoms with van der Waals surface area (Å²) in [4.78, 5) is 11.3. The molecule has 0 saturated heterocycles. The largest absolute Gasteiger partial charge is 0.378 e. The van der Waals surface area contributed by atoms with E-state index in [2.05, 4.69) is 5.32 Å². The summed E-state index contributed by atoms with van der Waals surface area (Å²) in [7, 11) is 0. The standard InChI is InChI=1S/C18H37FN2O6.C2H6.2H2/c1-3-4-18(22)21-15-17(19)16(2)27-14-13-26-12-11-25-10-9-24-8-7-23-6-5-20;1-2;;/h16-17H,3-15,20H2,1-2H3,(H,21,22);1-2H3;2*1H. The molecule has 0 aliphatic heterocycles. The van der Waals surface area contributed by atoms with Crippen LogP contribution in [-0.4, -0.2) is 90.7 Å². The van der Waals surface area contributed by atoms with Gasteiger partial charge in [-0.1, -0.05) is 20.8 Å². The molecule has 0 aliphatic carbocycles. The van der Waals surface area contributed by atoms with Gasteiger partial charge in [-0.25, -0.2) is 4.39 Å². The molecular weight excluding hydrogens is 383 g/mol. The van der Waals surface area contributed by atoms with Crippen molar-refractivity contribution in [2.24, 2.45) is 5.73 Å². The molecule has 0 aromatic rings. The predicted molar refractivity (Wildman–Crippen MR) is 116 cm³/mol. The molecule has 0 rings (SSSR count). The topological polar surface area (TPSA) is 101 Å². The Morgan fingerprint density at radius 1 is 0.931 bits per heavy atom. The molecule has 0 aliphatic rings. The molecule has 0 bridgehead atoms. The van der Waals surface area contributed by atoms with Crippen LogP contribution >= 0.6 is 0 Å². The third-order valence-electron chi connectivity index (χ3n) is 3.47. The van der Waals surface area contributed by atoms with Crippen LogP contribution in [0.5, 0.6) is 0 Å². The summed E-state index contributed by atoms with van der Waals surface area (Å²) in [5.41, 5.74) is 5.29. The first-order valence-electron chi connectivity index (χ1n) is 10.6. The van der Waals surface area contributed by atoms with Gasteiger partial charge in [0.2, 0.25) is 5.91 Å². The van der Waals surface area contributed by atoms with Gasteiger partial charge < -0.3 is 34.7 Å². The maximum absolute atomic E-state index is 13.8. The number of ether oxygens (including phenoxy) is 5. The summed E-state index contributed by atoms with van der Waals surface area (Å²) in [6.07, 6.45) is -0.687. The van der Waals surface area contributed by atoms with E-state index >= 15 is 0 Å². The molecule has 0 heterocycles. The van der Waals surface area contributed by atoms with Gasteiger partial charge in [0, 0.05) is 15.8 Å². The van der Waals surface area contributed by atoms with Gasteiger partial charge in [-0.2, -0.15) is 0 Å². The Bertz CT molecular complexity index is 351.